The van der Waals surface area contributed by atoms with E-state index in [1.807, 2.05) is 0 Å². The third-order valence-electron chi connectivity index (χ3n) is 5.60. The summed E-state index contributed by atoms with van der Waals surface area (Å²) in [5, 5.41) is 3.22. The number of aromatic nitrogens is 1. The van der Waals surface area contributed by atoms with Gasteiger partial charge in [-0.2, -0.15) is 0 Å². The number of rotatable bonds is 2. The number of pyridine rings is 1. The molecule has 2 aliphatic rings. The minimum atomic E-state index is -0.144. The molecular formula is C16H23N3O. The number of hydrogen-bond acceptors (Lipinski definition) is 3. The molecule has 0 radical (unpaired) electrons. The van der Waals surface area contributed by atoms with Crippen LogP contribution in [0.25, 0.3) is 0 Å². The average Bonchev–Trinajstić information content (AvgIpc) is 2.86. The van der Waals surface area contributed by atoms with E-state index in [1.165, 1.54) is 19.3 Å². The van der Waals surface area contributed by atoms with E-state index in [4.69, 9.17) is 5.73 Å². The van der Waals surface area contributed by atoms with Crippen LogP contribution in [0.15, 0.2) is 18.3 Å². The van der Waals surface area contributed by atoms with Crippen molar-refractivity contribution in [1.82, 2.24) is 10.3 Å². The van der Waals surface area contributed by atoms with Gasteiger partial charge in [0.2, 0.25) is 0 Å². The fourth-order valence-corrected chi connectivity index (χ4v) is 4.47. The smallest absolute Gasteiger partial charge is 0.272 e. The SMILES string of the molecule is CC12CCC(C1)C(C)(C)C2NC(=O)c1ncccc1N. The van der Waals surface area contributed by atoms with E-state index in [9.17, 15) is 4.79 Å². The number of amides is 1. The zero-order chi connectivity index (χ0) is 14.5. The van der Waals surface area contributed by atoms with Crippen LogP contribution in [0.3, 0.4) is 0 Å². The molecule has 2 fully saturated rings. The molecule has 1 aromatic heterocycles. The van der Waals surface area contributed by atoms with Crippen molar-refractivity contribution in [3.8, 4) is 0 Å². The van der Waals surface area contributed by atoms with E-state index in [-0.39, 0.29) is 22.8 Å². The molecule has 2 bridgehead atoms. The Balaban J connectivity index is 1.85. The fraction of sp³-hybridized carbons (Fsp3) is 0.625. The zero-order valence-electron chi connectivity index (χ0n) is 12.4. The van der Waals surface area contributed by atoms with E-state index in [0.29, 0.717) is 17.3 Å². The summed E-state index contributed by atoms with van der Waals surface area (Å²) in [6.45, 7) is 6.85. The number of hydrogen-bond donors (Lipinski definition) is 2. The van der Waals surface area contributed by atoms with E-state index in [1.54, 1.807) is 18.3 Å². The van der Waals surface area contributed by atoms with Gasteiger partial charge in [-0.1, -0.05) is 20.8 Å². The van der Waals surface area contributed by atoms with Crippen molar-refractivity contribution in [3.63, 3.8) is 0 Å². The van der Waals surface area contributed by atoms with Gasteiger partial charge in [-0.05, 0) is 48.1 Å². The minimum absolute atomic E-state index is 0.144. The maximum Gasteiger partial charge on any atom is 0.272 e. The number of carbonyl (C=O) groups excluding carboxylic acids is 1. The van der Waals surface area contributed by atoms with Gasteiger partial charge in [0.1, 0.15) is 0 Å². The molecule has 3 unspecified atom stereocenters. The lowest BCUT2D eigenvalue weighted by Gasteiger charge is -2.43. The molecule has 1 heterocycles. The largest absolute Gasteiger partial charge is 0.397 e. The van der Waals surface area contributed by atoms with Gasteiger partial charge in [0.25, 0.3) is 5.91 Å². The molecule has 0 spiro atoms. The molecule has 20 heavy (non-hydrogen) atoms. The predicted octanol–water partition coefficient (Wildman–Crippen LogP) is 2.61. The van der Waals surface area contributed by atoms with E-state index >= 15 is 0 Å². The monoisotopic (exact) mass is 273 g/mol. The van der Waals surface area contributed by atoms with Crippen LogP contribution in [0.4, 0.5) is 5.69 Å². The number of nitrogens with one attached hydrogen (secondary N) is 1. The van der Waals surface area contributed by atoms with Crippen LogP contribution in [0.1, 0.15) is 50.5 Å². The Morgan fingerprint density at radius 1 is 1.45 bits per heavy atom. The first-order valence-corrected chi connectivity index (χ1v) is 7.36. The Morgan fingerprint density at radius 3 is 2.80 bits per heavy atom. The van der Waals surface area contributed by atoms with E-state index in [2.05, 4.69) is 31.1 Å². The molecule has 0 saturated heterocycles. The number of carbonyl (C=O) groups is 1. The molecule has 3 rings (SSSR count). The Labute approximate surface area is 120 Å². The van der Waals surface area contributed by atoms with Gasteiger partial charge in [0.15, 0.2) is 5.69 Å². The van der Waals surface area contributed by atoms with Crippen molar-refractivity contribution in [2.75, 3.05) is 5.73 Å². The van der Waals surface area contributed by atoms with Crippen molar-refractivity contribution in [2.45, 2.75) is 46.1 Å². The van der Waals surface area contributed by atoms with Crippen molar-refractivity contribution in [2.24, 2.45) is 16.7 Å². The highest BCUT2D eigenvalue weighted by atomic mass is 16.2. The zero-order valence-corrected chi connectivity index (χ0v) is 12.4. The molecule has 3 atom stereocenters. The molecule has 2 aliphatic carbocycles. The first-order valence-electron chi connectivity index (χ1n) is 7.36. The van der Waals surface area contributed by atoms with E-state index < -0.39 is 0 Å². The molecule has 4 nitrogen and oxygen atoms in total. The second kappa shape index (κ2) is 4.21. The highest BCUT2D eigenvalue weighted by Crippen LogP contribution is 2.62. The van der Waals surface area contributed by atoms with Gasteiger partial charge in [-0.15, -0.1) is 0 Å². The molecule has 1 amide bonds. The number of nitrogen functional groups attached to an aromatic ring is 1. The van der Waals surface area contributed by atoms with Crippen LogP contribution >= 0.6 is 0 Å². The highest BCUT2D eigenvalue weighted by molar-refractivity contribution is 5.97. The van der Waals surface area contributed by atoms with Crippen LogP contribution in [0.5, 0.6) is 0 Å². The summed E-state index contributed by atoms with van der Waals surface area (Å²) in [5.74, 6) is 0.564. The molecule has 1 aromatic rings. The second-order valence-corrected chi connectivity index (χ2v) is 7.26. The molecule has 0 aliphatic heterocycles. The van der Waals surface area contributed by atoms with Gasteiger partial charge >= 0.3 is 0 Å². The van der Waals surface area contributed by atoms with Crippen molar-refractivity contribution in [3.05, 3.63) is 24.0 Å². The van der Waals surface area contributed by atoms with Crippen LogP contribution < -0.4 is 11.1 Å². The lowest BCUT2D eigenvalue weighted by Crippen LogP contribution is -2.52. The molecule has 2 saturated carbocycles. The van der Waals surface area contributed by atoms with Crippen LogP contribution in [0, 0.1) is 16.7 Å². The van der Waals surface area contributed by atoms with Crippen molar-refractivity contribution < 1.29 is 4.79 Å². The van der Waals surface area contributed by atoms with Gasteiger partial charge in [-0.25, -0.2) is 4.98 Å². The summed E-state index contributed by atoms with van der Waals surface area (Å²) in [6, 6.07) is 3.66. The summed E-state index contributed by atoms with van der Waals surface area (Å²) in [4.78, 5) is 16.6. The number of anilines is 1. The van der Waals surface area contributed by atoms with Crippen LogP contribution in [-0.2, 0) is 0 Å². The topological polar surface area (TPSA) is 68.0 Å². The molecule has 108 valence electrons. The van der Waals surface area contributed by atoms with E-state index in [0.717, 1.165) is 0 Å². The molecule has 0 aromatic carbocycles. The van der Waals surface area contributed by atoms with Gasteiger partial charge in [0, 0.05) is 12.2 Å². The third-order valence-corrected chi connectivity index (χ3v) is 5.60. The summed E-state index contributed by atoms with van der Waals surface area (Å²) >= 11 is 0. The highest BCUT2D eigenvalue weighted by Gasteiger charge is 2.59. The summed E-state index contributed by atoms with van der Waals surface area (Å²) in [5.41, 5.74) is 6.99. The van der Waals surface area contributed by atoms with Gasteiger partial charge in [-0.3, -0.25) is 4.79 Å². The second-order valence-electron chi connectivity index (χ2n) is 7.26. The Hall–Kier alpha value is -1.58. The Kier molecular flexibility index (Phi) is 2.82. The summed E-state index contributed by atoms with van der Waals surface area (Å²) in [6.07, 6.45) is 5.30. The number of nitrogens with zero attached hydrogens (tertiary/aromatic N) is 1. The molecular weight excluding hydrogens is 250 g/mol. The number of fused-ring (bicyclic) bond motifs is 2. The van der Waals surface area contributed by atoms with Crippen LogP contribution in [0.2, 0.25) is 0 Å². The van der Waals surface area contributed by atoms with Crippen molar-refractivity contribution in [1.29, 1.82) is 0 Å². The van der Waals surface area contributed by atoms with Gasteiger partial charge < -0.3 is 11.1 Å². The molecule has 4 heteroatoms. The fourth-order valence-electron chi connectivity index (χ4n) is 4.47. The Bertz CT molecular complexity index is 550. The first-order chi connectivity index (χ1) is 9.34. The quantitative estimate of drug-likeness (QED) is 0.870. The maximum absolute atomic E-state index is 12.5. The first kappa shape index (κ1) is 13.4. The Morgan fingerprint density at radius 2 is 2.20 bits per heavy atom. The maximum atomic E-state index is 12.5. The lowest BCUT2D eigenvalue weighted by atomic mass is 9.68. The number of nitrogens with two attached hydrogens (primary N) is 1. The molecule has 3 N–H and O–H groups in total. The average molecular weight is 273 g/mol. The summed E-state index contributed by atoms with van der Waals surface area (Å²) in [7, 11) is 0. The normalized spacial score (nSPS) is 34.1. The predicted molar refractivity (Wildman–Crippen MR) is 79.1 cm³/mol. The minimum Gasteiger partial charge on any atom is -0.397 e. The van der Waals surface area contributed by atoms with Crippen LogP contribution in [-0.4, -0.2) is 16.9 Å². The summed E-state index contributed by atoms with van der Waals surface area (Å²) < 4.78 is 0. The lowest BCUT2D eigenvalue weighted by molar-refractivity contribution is 0.0734. The third kappa shape index (κ3) is 1.81. The standard InChI is InChI=1S/C16H23N3O/c1-15(2)10-6-7-16(3,9-10)14(15)19-13(20)12-11(17)5-4-8-18-12/h4-5,8,10,14H,6-7,9,17H2,1-3H3,(H,19,20). The van der Waals surface area contributed by atoms with Crippen molar-refractivity contribution >= 4 is 11.6 Å². The van der Waals surface area contributed by atoms with Gasteiger partial charge in [0.05, 0.1) is 5.69 Å².